The number of nitrogens with zero attached hydrogens (tertiary/aromatic N) is 2. The first kappa shape index (κ1) is 27.9. The van der Waals surface area contributed by atoms with Gasteiger partial charge in [0.25, 0.3) is 0 Å². The zero-order valence-electron chi connectivity index (χ0n) is 22.6. The monoisotopic (exact) mass is 609 g/mol. The number of rotatable bonds is 7. The highest BCUT2D eigenvalue weighted by atomic mass is 19.4. The molecular weight excluding hydrogens is 584 g/mol. The molecule has 2 heterocycles. The number of hydrogen-bond acceptors (Lipinski definition) is 6. The Morgan fingerprint density at radius 1 is 1.16 bits per heavy atom. The summed E-state index contributed by atoms with van der Waals surface area (Å²) in [4.78, 5) is 11.6. The molecule has 0 amide bonds. The molecule has 4 aliphatic carbocycles. The van der Waals surface area contributed by atoms with Gasteiger partial charge >= 0.3 is 18.4 Å². The van der Waals surface area contributed by atoms with Crippen molar-refractivity contribution in [2.75, 3.05) is 5.32 Å². The van der Waals surface area contributed by atoms with Gasteiger partial charge in [0.15, 0.2) is 17.2 Å². The highest BCUT2D eigenvalue weighted by molar-refractivity contribution is 5.79. The van der Waals surface area contributed by atoms with Gasteiger partial charge in [0, 0.05) is 22.9 Å². The van der Waals surface area contributed by atoms with Gasteiger partial charge in [0.05, 0.1) is 28.4 Å². The zero-order chi connectivity index (χ0) is 30.5. The molecule has 3 saturated carbocycles. The number of aliphatic carboxylic acids is 1. The maximum absolute atomic E-state index is 14.8. The van der Waals surface area contributed by atoms with E-state index < -0.39 is 58.9 Å². The van der Waals surface area contributed by atoms with Gasteiger partial charge in [-0.15, -0.1) is 8.78 Å². The van der Waals surface area contributed by atoms with Gasteiger partial charge < -0.3 is 24.6 Å². The summed E-state index contributed by atoms with van der Waals surface area (Å²) in [5, 5.41) is 16.5. The van der Waals surface area contributed by atoms with Gasteiger partial charge in [-0.25, -0.2) is 9.07 Å². The Kier molecular flexibility index (Phi) is 5.86. The van der Waals surface area contributed by atoms with Crippen LogP contribution in [0.4, 0.5) is 32.0 Å². The third kappa shape index (κ3) is 4.48. The van der Waals surface area contributed by atoms with E-state index >= 15 is 0 Å². The second kappa shape index (κ2) is 9.04. The van der Waals surface area contributed by atoms with Crippen molar-refractivity contribution in [2.45, 2.75) is 75.7 Å². The van der Waals surface area contributed by atoms with Crippen LogP contribution in [0.25, 0.3) is 5.69 Å². The smallest absolute Gasteiger partial charge is 0.481 e. The van der Waals surface area contributed by atoms with Gasteiger partial charge in [-0.05, 0) is 69.7 Å². The minimum Gasteiger partial charge on any atom is -0.481 e. The van der Waals surface area contributed by atoms with Crippen molar-refractivity contribution >= 4 is 11.7 Å². The van der Waals surface area contributed by atoms with Crippen LogP contribution in [0.5, 0.6) is 11.5 Å². The van der Waals surface area contributed by atoms with E-state index in [0.29, 0.717) is 43.5 Å². The molecule has 0 radical (unpaired) electrons. The first-order chi connectivity index (χ1) is 20.2. The van der Waals surface area contributed by atoms with Crippen molar-refractivity contribution in [3.8, 4) is 17.2 Å². The molecule has 2 N–H and O–H groups in total. The molecule has 3 aromatic rings. The fraction of sp³-hybridized carbons (Fsp3) is 0.448. The Labute approximate surface area is 240 Å². The van der Waals surface area contributed by atoms with E-state index in [1.807, 2.05) is 0 Å². The zero-order valence-corrected chi connectivity index (χ0v) is 22.6. The number of anilines is 1. The normalized spacial score (nSPS) is 27.1. The molecule has 8 nitrogen and oxygen atoms in total. The van der Waals surface area contributed by atoms with Gasteiger partial charge in [-0.2, -0.15) is 18.3 Å². The number of halogens is 6. The standard InChI is InChI=1S/C29H25F6N3O5/c1-14(18-9-21-22(10-19(18)30)43-29(34,35)42-21)36-15-4-2-5-16(8-15)38-23-17(24(37-38)28(31,32)33)6-3-7-20(23)41-27-11-26(12-27,13-27)25(39)40/h2,4-5,8-10,14,20,36H,3,6-7,11-13H2,1H3,(H,39,40)/t14-,20-,26?,27?/m0/s1. The van der Waals surface area contributed by atoms with Gasteiger partial charge in [0.2, 0.25) is 0 Å². The fourth-order valence-electron chi connectivity index (χ4n) is 6.90. The van der Waals surface area contributed by atoms with Crippen LogP contribution >= 0.6 is 0 Å². The summed E-state index contributed by atoms with van der Waals surface area (Å²) in [6.45, 7) is 1.58. The number of hydrogen-bond donors (Lipinski definition) is 2. The van der Waals surface area contributed by atoms with Crippen LogP contribution in [0, 0.1) is 11.2 Å². The summed E-state index contributed by atoms with van der Waals surface area (Å²) in [6, 6.07) is 7.50. The lowest BCUT2D eigenvalue weighted by atomic mass is 9.41. The molecule has 43 heavy (non-hydrogen) atoms. The Balaban J connectivity index is 1.19. The van der Waals surface area contributed by atoms with Crippen molar-refractivity contribution in [1.82, 2.24) is 9.78 Å². The Morgan fingerprint density at radius 2 is 1.86 bits per heavy atom. The molecule has 2 bridgehead atoms. The van der Waals surface area contributed by atoms with Crippen LogP contribution in [0.1, 0.15) is 73.7 Å². The molecular formula is C29H25F6N3O5. The highest BCUT2D eigenvalue weighted by Crippen LogP contribution is 2.70. The number of carboxylic acids is 1. The van der Waals surface area contributed by atoms with Crippen molar-refractivity contribution in [1.29, 1.82) is 0 Å². The quantitative estimate of drug-likeness (QED) is 0.281. The molecule has 0 spiro atoms. The van der Waals surface area contributed by atoms with E-state index in [1.165, 1.54) is 4.68 Å². The molecule has 1 aliphatic heterocycles. The third-order valence-corrected chi connectivity index (χ3v) is 8.78. The summed E-state index contributed by atoms with van der Waals surface area (Å²) >= 11 is 0. The second-order valence-electron chi connectivity index (χ2n) is 11.8. The summed E-state index contributed by atoms with van der Waals surface area (Å²) in [7, 11) is 0. The molecule has 0 unspecified atom stereocenters. The van der Waals surface area contributed by atoms with Gasteiger partial charge in [-0.3, -0.25) is 4.79 Å². The van der Waals surface area contributed by atoms with Crippen LogP contribution in [0.3, 0.4) is 0 Å². The number of carbonyl (C=O) groups is 1. The number of alkyl halides is 5. The first-order valence-corrected chi connectivity index (χ1v) is 13.7. The minimum absolute atomic E-state index is 0.00688. The van der Waals surface area contributed by atoms with E-state index in [4.69, 9.17) is 4.74 Å². The van der Waals surface area contributed by atoms with Crippen LogP contribution in [-0.4, -0.2) is 32.8 Å². The first-order valence-electron chi connectivity index (χ1n) is 13.7. The Hall–Kier alpha value is -3.94. The molecule has 2 atom stereocenters. The van der Waals surface area contributed by atoms with Crippen molar-refractivity contribution in [2.24, 2.45) is 5.41 Å². The largest absolute Gasteiger partial charge is 0.586 e. The fourth-order valence-corrected chi connectivity index (χ4v) is 6.90. The van der Waals surface area contributed by atoms with Crippen LogP contribution < -0.4 is 14.8 Å². The molecule has 8 rings (SSSR count). The average molecular weight is 610 g/mol. The van der Waals surface area contributed by atoms with Crippen LogP contribution in [-0.2, 0) is 22.1 Å². The van der Waals surface area contributed by atoms with E-state index in [0.717, 1.165) is 12.1 Å². The number of fused-ring (bicyclic) bond motifs is 2. The highest BCUT2D eigenvalue weighted by Gasteiger charge is 2.73. The summed E-state index contributed by atoms with van der Waals surface area (Å²) in [5.74, 6) is -2.46. The van der Waals surface area contributed by atoms with Crippen molar-refractivity contribution in [3.05, 3.63) is 64.7 Å². The molecule has 5 aliphatic rings. The third-order valence-electron chi connectivity index (χ3n) is 8.78. The number of aromatic nitrogens is 2. The van der Waals surface area contributed by atoms with E-state index in [2.05, 4.69) is 19.9 Å². The van der Waals surface area contributed by atoms with Crippen LogP contribution in [0.15, 0.2) is 36.4 Å². The number of ether oxygens (including phenoxy) is 3. The lowest BCUT2D eigenvalue weighted by Crippen LogP contribution is -2.71. The summed E-state index contributed by atoms with van der Waals surface area (Å²) in [6.07, 6.45) is -7.28. The van der Waals surface area contributed by atoms with Crippen molar-refractivity contribution < 1.29 is 50.5 Å². The van der Waals surface area contributed by atoms with Crippen molar-refractivity contribution in [3.63, 3.8) is 0 Å². The lowest BCUT2D eigenvalue weighted by molar-refractivity contribution is -0.300. The van der Waals surface area contributed by atoms with E-state index in [-0.39, 0.29) is 29.0 Å². The van der Waals surface area contributed by atoms with E-state index in [1.54, 1.807) is 31.2 Å². The van der Waals surface area contributed by atoms with Gasteiger partial charge in [0.1, 0.15) is 11.9 Å². The van der Waals surface area contributed by atoms with Crippen LogP contribution in [0.2, 0.25) is 0 Å². The molecule has 3 fully saturated rings. The van der Waals surface area contributed by atoms with E-state index in [9.17, 15) is 36.2 Å². The second-order valence-corrected chi connectivity index (χ2v) is 11.8. The molecule has 228 valence electrons. The average Bonchev–Trinajstić information content (AvgIpc) is 3.41. The number of carboxylic acid groups (broad SMARTS) is 1. The van der Waals surface area contributed by atoms with Gasteiger partial charge in [-0.1, -0.05) is 6.07 Å². The molecule has 1 aromatic heterocycles. The molecule has 2 aromatic carbocycles. The predicted octanol–water partition coefficient (Wildman–Crippen LogP) is 6.93. The maximum Gasteiger partial charge on any atom is 0.586 e. The minimum atomic E-state index is -4.71. The lowest BCUT2D eigenvalue weighted by Gasteiger charge is -2.67. The SMILES string of the molecule is C[C@H](Nc1cccc(-n2nc(C(F)(F)F)c3c2[C@@H](OC24CC(C(=O)O)(C2)C4)CCC3)c1)c1cc2c(cc1F)OC(F)(F)O2. The maximum atomic E-state index is 14.8. The number of benzene rings is 2. The molecule has 14 heteroatoms. The molecule has 0 saturated heterocycles. The Bertz CT molecular complexity index is 1630. The summed E-state index contributed by atoms with van der Waals surface area (Å²) in [5.41, 5.74) is -1.43. The number of nitrogens with one attached hydrogen (secondary N) is 1. The topological polar surface area (TPSA) is 94.8 Å². The Morgan fingerprint density at radius 3 is 2.53 bits per heavy atom. The summed E-state index contributed by atoms with van der Waals surface area (Å²) < 4.78 is 100. The predicted molar refractivity (Wildman–Crippen MR) is 137 cm³/mol.